The van der Waals surface area contributed by atoms with Crippen LogP contribution < -0.4 is 0 Å². The number of aliphatic hydroxyl groups is 6. The molecule has 0 radical (unpaired) electrons. The molecule has 0 aromatic carbocycles. The smallest absolute Gasteiger partial charge is 0.329 e. The Labute approximate surface area is 380 Å². The van der Waals surface area contributed by atoms with Crippen LogP contribution in [0.2, 0.25) is 0 Å². The van der Waals surface area contributed by atoms with Crippen molar-refractivity contribution in [2.45, 2.75) is 174 Å². The van der Waals surface area contributed by atoms with Gasteiger partial charge >= 0.3 is 5.97 Å². The van der Waals surface area contributed by atoms with Crippen molar-refractivity contribution in [1.82, 2.24) is 4.90 Å². The molecule has 3 fully saturated rings. The van der Waals surface area contributed by atoms with Crippen molar-refractivity contribution in [2.75, 3.05) is 19.8 Å². The number of cyclic esters (lactones) is 1. The van der Waals surface area contributed by atoms with Gasteiger partial charge in [0.1, 0.15) is 23.7 Å². The van der Waals surface area contributed by atoms with Crippen molar-refractivity contribution in [3.8, 4) is 0 Å². The molecule has 64 heavy (non-hydrogen) atoms. The van der Waals surface area contributed by atoms with Crippen LogP contribution in [0.15, 0.2) is 36.0 Å². The Bertz CT molecular complexity index is 1680. The van der Waals surface area contributed by atoms with Crippen LogP contribution in [0.25, 0.3) is 0 Å². The largest absolute Gasteiger partial charge is 0.460 e. The first kappa shape index (κ1) is 53.5. The molecule has 0 aromatic rings. The van der Waals surface area contributed by atoms with Crippen molar-refractivity contribution in [2.24, 2.45) is 53.3 Å². The van der Waals surface area contributed by atoms with Crippen LogP contribution in [0.1, 0.15) is 132 Å². The molecule has 362 valence electrons. The van der Waals surface area contributed by atoms with Gasteiger partial charge in [-0.2, -0.15) is 0 Å². The van der Waals surface area contributed by atoms with Crippen LogP contribution in [0.4, 0.5) is 0 Å². The number of carbonyl (C=O) groups is 5. The van der Waals surface area contributed by atoms with E-state index < -0.39 is 96.2 Å². The number of hydrogen-bond donors (Lipinski definition) is 6. The van der Waals surface area contributed by atoms with Gasteiger partial charge in [0.15, 0.2) is 0 Å². The quantitative estimate of drug-likeness (QED) is 0.161. The van der Waals surface area contributed by atoms with E-state index in [-0.39, 0.29) is 74.1 Å². The number of rotatable bonds is 5. The minimum Gasteiger partial charge on any atom is -0.460 e. The number of ether oxygens (including phenoxy) is 2. The maximum Gasteiger partial charge on any atom is 0.329 e. The Hall–Kier alpha value is -3.11. The molecule has 1 aliphatic carbocycles. The van der Waals surface area contributed by atoms with Crippen LogP contribution in [0.5, 0.6) is 0 Å². The molecule has 4 rings (SSSR count). The van der Waals surface area contributed by atoms with Gasteiger partial charge in [-0.1, -0.05) is 71.9 Å². The van der Waals surface area contributed by atoms with Crippen molar-refractivity contribution in [3.63, 3.8) is 0 Å². The molecule has 1 saturated carbocycles. The standard InChI is InChI=1S/C50H79NO13/c1-29-13-9-8-10-14-30(2)42(55)25-38-18-16-35(7)50(62,64-38)47(59)48(60)51-20-12-11-15-40(51)49(61)63-44(32(4)23-36-17-19-41(54)37(24-36)27-52)26-43(56)31(3)22-34(6)46(58)39(28-53)45(57)33(5)21-29/h8-10,13-14,29,31-42,44,46,52-55,58,62H,11-12,15-28H2,1-7H3/b10-8+,13-9+,30-14+/t29-,31-,32-,33-,34?,35-,36+,37+,38+,39+,40+,41-,42?,44+,46-,50?/m1/s1. The lowest BCUT2D eigenvalue weighted by Gasteiger charge is -2.42. The average molecular weight is 902 g/mol. The van der Waals surface area contributed by atoms with E-state index in [1.807, 2.05) is 26.0 Å². The second kappa shape index (κ2) is 24.6. The molecular weight excluding hydrogens is 823 g/mol. The number of carbonyl (C=O) groups excluding carboxylic acids is 5. The molecule has 0 aromatic heterocycles. The fourth-order valence-electron chi connectivity index (χ4n) is 10.4. The molecule has 2 bridgehead atoms. The number of aliphatic hydroxyl groups excluding tert-OH is 5. The minimum atomic E-state index is -2.49. The first-order valence-electron chi connectivity index (χ1n) is 24.0. The second-order valence-corrected chi connectivity index (χ2v) is 20.1. The number of piperidine rings is 1. The fourth-order valence-corrected chi connectivity index (χ4v) is 10.4. The summed E-state index contributed by atoms with van der Waals surface area (Å²) in [7, 11) is 0. The van der Waals surface area contributed by atoms with Crippen molar-refractivity contribution < 1.29 is 64.1 Å². The molecule has 6 N–H and O–H groups in total. The van der Waals surface area contributed by atoms with E-state index in [9.17, 15) is 54.6 Å². The molecule has 4 aliphatic rings. The normalized spacial score (nSPS) is 41.3. The number of ketones is 3. The van der Waals surface area contributed by atoms with Crippen molar-refractivity contribution in [1.29, 1.82) is 0 Å². The Kier molecular flexibility index (Phi) is 20.6. The first-order chi connectivity index (χ1) is 30.2. The highest BCUT2D eigenvalue weighted by molar-refractivity contribution is 6.39. The Morgan fingerprint density at radius 3 is 2.23 bits per heavy atom. The topological polar surface area (TPSA) is 228 Å². The van der Waals surface area contributed by atoms with E-state index in [2.05, 4.69) is 0 Å². The molecule has 3 unspecified atom stereocenters. The summed E-state index contributed by atoms with van der Waals surface area (Å²) in [4.78, 5) is 71.4. The van der Waals surface area contributed by atoms with Crippen LogP contribution in [-0.4, -0.2) is 127 Å². The predicted molar refractivity (Wildman–Crippen MR) is 240 cm³/mol. The number of nitrogens with zero attached hydrogens (tertiary/aromatic N) is 1. The number of Topliss-reactive ketones (excluding diaryl/α,β-unsaturated/α-hetero) is 3. The summed E-state index contributed by atoms with van der Waals surface area (Å²) in [6.07, 6.45) is 9.44. The van der Waals surface area contributed by atoms with Crippen molar-refractivity contribution in [3.05, 3.63) is 36.0 Å². The number of esters is 1. The summed E-state index contributed by atoms with van der Waals surface area (Å²) in [5.74, 6) is -10.1. The zero-order valence-corrected chi connectivity index (χ0v) is 39.3. The lowest BCUT2D eigenvalue weighted by Crippen LogP contribution is -2.61. The molecule has 14 nitrogen and oxygen atoms in total. The number of amides is 1. The van der Waals surface area contributed by atoms with Crippen LogP contribution in [0.3, 0.4) is 0 Å². The number of allylic oxidation sites excluding steroid dienone is 5. The number of fused-ring (bicyclic) bond motifs is 3. The highest BCUT2D eigenvalue weighted by Crippen LogP contribution is 2.38. The summed E-state index contributed by atoms with van der Waals surface area (Å²) >= 11 is 0. The van der Waals surface area contributed by atoms with E-state index in [0.29, 0.717) is 63.4 Å². The molecule has 16 atom stereocenters. The third-order valence-electron chi connectivity index (χ3n) is 14.9. The van der Waals surface area contributed by atoms with Gasteiger partial charge in [-0.05, 0) is 107 Å². The van der Waals surface area contributed by atoms with Gasteiger partial charge in [0.2, 0.25) is 5.79 Å². The van der Waals surface area contributed by atoms with Gasteiger partial charge in [-0.15, -0.1) is 0 Å². The van der Waals surface area contributed by atoms with Crippen LogP contribution in [-0.2, 0) is 33.4 Å². The summed E-state index contributed by atoms with van der Waals surface area (Å²) in [5.41, 5.74) is 0.613. The summed E-state index contributed by atoms with van der Waals surface area (Å²) < 4.78 is 12.2. The molecular formula is C50H79NO13. The summed E-state index contributed by atoms with van der Waals surface area (Å²) in [6.45, 7) is 11.8. The first-order valence-corrected chi connectivity index (χ1v) is 24.0. The van der Waals surface area contributed by atoms with Crippen molar-refractivity contribution >= 4 is 29.2 Å². The lowest BCUT2D eigenvalue weighted by atomic mass is 9.75. The van der Waals surface area contributed by atoms with Gasteiger partial charge < -0.3 is 45.0 Å². The van der Waals surface area contributed by atoms with E-state index in [1.165, 1.54) is 0 Å². The Morgan fingerprint density at radius 2 is 1.55 bits per heavy atom. The fraction of sp³-hybridized carbons (Fsp3) is 0.780. The van der Waals surface area contributed by atoms with E-state index in [4.69, 9.17) is 9.47 Å². The maximum atomic E-state index is 14.3. The predicted octanol–water partition coefficient (Wildman–Crippen LogP) is 4.79. The Morgan fingerprint density at radius 1 is 0.828 bits per heavy atom. The van der Waals surface area contributed by atoms with Crippen LogP contribution in [0, 0.1) is 53.3 Å². The molecule has 1 amide bonds. The van der Waals surface area contributed by atoms with E-state index in [0.717, 1.165) is 4.90 Å². The minimum absolute atomic E-state index is 0.0213. The van der Waals surface area contributed by atoms with Gasteiger partial charge in [0, 0.05) is 49.7 Å². The van der Waals surface area contributed by atoms with Crippen LogP contribution >= 0.6 is 0 Å². The molecule has 0 spiro atoms. The number of hydrogen-bond acceptors (Lipinski definition) is 13. The van der Waals surface area contributed by atoms with Gasteiger partial charge in [-0.3, -0.25) is 19.2 Å². The lowest BCUT2D eigenvalue weighted by molar-refractivity contribution is -0.265. The molecule has 14 heteroatoms. The zero-order chi connectivity index (χ0) is 47.5. The zero-order valence-electron chi connectivity index (χ0n) is 39.3. The summed E-state index contributed by atoms with van der Waals surface area (Å²) in [6, 6.07) is -1.17. The SMILES string of the molecule is C\C1=C/C=C/C=C/[C@@H](C)C[C@@H](C)C(=O)[C@H](CO)[C@H](O)C(C)C[C@@H](C)C(=O)C[C@@H]([C@H](C)C[C@@H]2CC[C@@H](O)[C@H](CO)C2)OC(=O)[C@@H]2CCCCN2C(=O)C(=O)C2(O)O[C@@H](CC[C@H]2C)CC1O. The van der Waals surface area contributed by atoms with Gasteiger partial charge in [-0.25, -0.2) is 4.79 Å². The third-order valence-corrected chi connectivity index (χ3v) is 14.9. The Balaban J connectivity index is 1.66. The van der Waals surface area contributed by atoms with E-state index >= 15 is 0 Å². The van der Waals surface area contributed by atoms with E-state index in [1.54, 1.807) is 52.8 Å². The highest BCUT2D eigenvalue weighted by atomic mass is 16.6. The monoisotopic (exact) mass is 902 g/mol. The van der Waals surface area contributed by atoms with Gasteiger partial charge in [0.25, 0.3) is 11.7 Å². The second-order valence-electron chi connectivity index (χ2n) is 20.1. The maximum absolute atomic E-state index is 14.3. The summed E-state index contributed by atoms with van der Waals surface area (Å²) in [5, 5.41) is 65.0. The highest BCUT2D eigenvalue weighted by Gasteiger charge is 2.53. The molecule has 3 heterocycles. The third kappa shape index (κ3) is 14.0. The molecule has 2 saturated heterocycles. The van der Waals surface area contributed by atoms with Gasteiger partial charge in [0.05, 0.1) is 36.9 Å². The average Bonchev–Trinajstić information content (AvgIpc) is 3.26. The molecule has 3 aliphatic heterocycles.